The summed E-state index contributed by atoms with van der Waals surface area (Å²) >= 11 is 0. The summed E-state index contributed by atoms with van der Waals surface area (Å²) in [4.78, 5) is 22.7. The maximum Gasteiger partial charge on any atom is 0.254 e. The molecule has 1 fully saturated rings. The number of carbonyl (C=O) groups excluding carboxylic acids is 1. The summed E-state index contributed by atoms with van der Waals surface area (Å²) in [5.41, 5.74) is 1.77. The number of likely N-dealkylation sites (tertiary alicyclic amines) is 1. The van der Waals surface area contributed by atoms with Gasteiger partial charge in [0.25, 0.3) is 5.91 Å². The Morgan fingerprint density at radius 2 is 2.20 bits per heavy atom. The number of carbonyl (C=O) groups is 1. The number of nitrogens with zero attached hydrogens (tertiary/aromatic N) is 3. The van der Waals surface area contributed by atoms with E-state index in [4.69, 9.17) is 0 Å². The van der Waals surface area contributed by atoms with E-state index < -0.39 is 0 Å². The maximum absolute atomic E-state index is 13.0. The lowest BCUT2D eigenvalue weighted by Crippen LogP contribution is -2.41. The van der Waals surface area contributed by atoms with E-state index in [0.29, 0.717) is 12.0 Å². The number of aromatic amines is 1. The van der Waals surface area contributed by atoms with Gasteiger partial charge in [-0.15, -0.1) is 0 Å². The predicted molar refractivity (Wildman–Crippen MR) is 98.8 cm³/mol. The second kappa shape index (κ2) is 6.39. The summed E-state index contributed by atoms with van der Waals surface area (Å²) < 4.78 is 2.26. The molecule has 0 bridgehead atoms. The molecule has 1 N–H and O–H groups in total. The molecular formula is C20H24N4O. The molecule has 4 rings (SSSR count). The monoisotopic (exact) mass is 336 g/mol. The lowest BCUT2D eigenvalue weighted by Gasteiger charge is -2.34. The van der Waals surface area contributed by atoms with Crippen LogP contribution in [0.3, 0.4) is 0 Å². The first-order valence-electron chi connectivity index (χ1n) is 9.02. The second-order valence-electron chi connectivity index (χ2n) is 7.17. The van der Waals surface area contributed by atoms with E-state index in [1.54, 1.807) is 0 Å². The molecule has 5 heteroatoms. The highest BCUT2D eigenvalue weighted by Gasteiger charge is 2.27. The minimum Gasteiger partial charge on any atom is -0.361 e. The van der Waals surface area contributed by atoms with Gasteiger partial charge in [0.05, 0.1) is 6.04 Å². The van der Waals surface area contributed by atoms with Crippen molar-refractivity contribution in [3.63, 3.8) is 0 Å². The zero-order chi connectivity index (χ0) is 17.4. The minimum atomic E-state index is 0.118. The van der Waals surface area contributed by atoms with Gasteiger partial charge in [-0.05, 0) is 36.4 Å². The smallest absolute Gasteiger partial charge is 0.254 e. The van der Waals surface area contributed by atoms with Crippen LogP contribution in [0.5, 0.6) is 0 Å². The van der Waals surface area contributed by atoms with Crippen LogP contribution < -0.4 is 0 Å². The number of nitrogens with one attached hydrogen (secondary N) is 1. The SMILES string of the molecule is CC(C)c1nccn1[C@H]1CCCN(C(=O)c2ccc3cc[nH]c3c2)C1. The largest absolute Gasteiger partial charge is 0.361 e. The molecular weight excluding hydrogens is 312 g/mol. The number of hydrogen-bond donors (Lipinski definition) is 1. The van der Waals surface area contributed by atoms with Gasteiger partial charge in [-0.1, -0.05) is 19.9 Å². The number of hydrogen-bond acceptors (Lipinski definition) is 2. The van der Waals surface area contributed by atoms with E-state index in [-0.39, 0.29) is 5.91 Å². The fraction of sp³-hybridized carbons (Fsp3) is 0.400. The van der Waals surface area contributed by atoms with Gasteiger partial charge in [0.15, 0.2) is 0 Å². The van der Waals surface area contributed by atoms with Crippen LogP contribution in [0.2, 0.25) is 0 Å². The number of piperidine rings is 1. The number of rotatable bonds is 3. The maximum atomic E-state index is 13.0. The Hall–Kier alpha value is -2.56. The van der Waals surface area contributed by atoms with Crippen LogP contribution in [-0.4, -0.2) is 38.4 Å². The summed E-state index contributed by atoms with van der Waals surface area (Å²) in [6.07, 6.45) is 7.95. The Morgan fingerprint density at radius 1 is 1.32 bits per heavy atom. The zero-order valence-electron chi connectivity index (χ0n) is 14.8. The molecule has 130 valence electrons. The number of benzene rings is 1. The molecule has 3 aromatic rings. The molecule has 1 amide bonds. The predicted octanol–water partition coefficient (Wildman–Crippen LogP) is 3.97. The van der Waals surface area contributed by atoms with Crippen molar-refractivity contribution in [1.82, 2.24) is 19.4 Å². The third-order valence-electron chi connectivity index (χ3n) is 5.09. The summed E-state index contributed by atoms with van der Waals surface area (Å²) in [6.45, 7) is 5.90. The van der Waals surface area contributed by atoms with Crippen molar-refractivity contribution in [2.75, 3.05) is 13.1 Å². The van der Waals surface area contributed by atoms with Gasteiger partial charge in [0, 0.05) is 48.7 Å². The van der Waals surface area contributed by atoms with Crippen molar-refractivity contribution in [3.8, 4) is 0 Å². The third kappa shape index (κ3) is 2.95. The Labute approximate surface area is 147 Å². The third-order valence-corrected chi connectivity index (χ3v) is 5.09. The van der Waals surface area contributed by atoms with Gasteiger partial charge in [0.1, 0.15) is 5.82 Å². The fourth-order valence-corrected chi connectivity index (χ4v) is 3.81. The van der Waals surface area contributed by atoms with Crippen molar-refractivity contribution >= 4 is 16.8 Å². The van der Waals surface area contributed by atoms with Crippen LogP contribution in [0.4, 0.5) is 0 Å². The molecule has 1 atom stereocenters. The van der Waals surface area contributed by atoms with Gasteiger partial charge < -0.3 is 14.5 Å². The number of imidazole rings is 1. The van der Waals surface area contributed by atoms with E-state index in [0.717, 1.165) is 48.2 Å². The van der Waals surface area contributed by atoms with Crippen LogP contribution in [0.25, 0.3) is 10.9 Å². The first kappa shape index (κ1) is 15.9. The molecule has 3 heterocycles. The first-order chi connectivity index (χ1) is 12.1. The summed E-state index contributed by atoms with van der Waals surface area (Å²) in [5, 5.41) is 1.13. The molecule has 1 aromatic carbocycles. The average Bonchev–Trinajstić information content (AvgIpc) is 3.29. The summed E-state index contributed by atoms with van der Waals surface area (Å²) in [5.74, 6) is 1.61. The quantitative estimate of drug-likeness (QED) is 0.787. The zero-order valence-corrected chi connectivity index (χ0v) is 14.8. The molecule has 0 spiro atoms. The number of amides is 1. The van der Waals surface area contributed by atoms with E-state index in [1.807, 2.05) is 41.6 Å². The molecule has 25 heavy (non-hydrogen) atoms. The van der Waals surface area contributed by atoms with Crippen molar-refractivity contribution in [2.24, 2.45) is 0 Å². The van der Waals surface area contributed by atoms with E-state index in [9.17, 15) is 4.79 Å². The molecule has 1 aliphatic rings. The molecule has 0 unspecified atom stereocenters. The van der Waals surface area contributed by atoms with Crippen molar-refractivity contribution in [2.45, 2.75) is 38.6 Å². The van der Waals surface area contributed by atoms with Crippen LogP contribution in [-0.2, 0) is 0 Å². The van der Waals surface area contributed by atoms with Gasteiger partial charge in [0.2, 0.25) is 0 Å². The van der Waals surface area contributed by atoms with Crippen molar-refractivity contribution in [1.29, 1.82) is 0 Å². The van der Waals surface area contributed by atoms with Gasteiger partial charge in [-0.3, -0.25) is 4.79 Å². The van der Waals surface area contributed by atoms with Gasteiger partial charge in [-0.25, -0.2) is 4.98 Å². The number of fused-ring (bicyclic) bond motifs is 1. The standard InChI is InChI=1S/C20H24N4O/c1-14(2)19-22-9-11-24(19)17-4-3-10-23(13-17)20(25)16-6-5-15-7-8-21-18(15)12-16/h5-9,11-12,14,17,21H,3-4,10,13H2,1-2H3/t17-/m0/s1. The van der Waals surface area contributed by atoms with Crippen molar-refractivity contribution < 1.29 is 4.79 Å². The highest BCUT2D eigenvalue weighted by atomic mass is 16.2. The van der Waals surface area contributed by atoms with Crippen LogP contribution in [0.1, 0.15) is 54.8 Å². The number of aromatic nitrogens is 3. The average molecular weight is 336 g/mol. The van der Waals surface area contributed by atoms with Gasteiger partial charge in [-0.2, -0.15) is 0 Å². The highest BCUT2D eigenvalue weighted by molar-refractivity contribution is 5.98. The fourth-order valence-electron chi connectivity index (χ4n) is 3.81. The Balaban J connectivity index is 1.56. The van der Waals surface area contributed by atoms with Crippen LogP contribution >= 0.6 is 0 Å². The van der Waals surface area contributed by atoms with E-state index in [1.165, 1.54) is 0 Å². The number of H-pyrrole nitrogens is 1. The molecule has 5 nitrogen and oxygen atoms in total. The van der Waals surface area contributed by atoms with E-state index >= 15 is 0 Å². The lowest BCUT2D eigenvalue weighted by molar-refractivity contribution is 0.0677. The first-order valence-corrected chi connectivity index (χ1v) is 9.02. The van der Waals surface area contributed by atoms with E-state index in [2.05, 4.69) is 34.6 Å². The van der Waals surface area contributed by atoms with Crippen LogP contribution in [0.15, 0.2) is 42.9 Å². The molecule has 2 aromatic heterocycles. The molecule has 0 saturated carbocycles. The lowest BCUT2D eigenvalue weighted by atomic mass is 10.0. The van der Waals surface area contributed by atoms with Crippen LogP contribution in [0, 0.1) is 0 Å². The molecule has 1 aliphatic heterocycles. The Kier molecular flexibility index (Phi) is 4.07. The normalized spacial score (nSPS) is 18.2. The van der Waals surface area contributed by atoms with Gasteiger partial charge >= 0.3 is 0 Å². The van der Waals surface area contributed by atoms with Crippen molar-refractivity contribution in [3.05, 3.63) is 54.2 Å². The molecule has 1 saturated heterocycles. The highest BCUT2D eigenvalue weighted by Crippen LogP contribution is 2.27. The Bertz CT molecular complexity index is 892. The minimum absolute atomic E-state index is 0.118. The Morgan fingerprint density at radius 3 is 3.04 bits per heavy atom. The summed E-state index contributed by atoms with van der Waals surface area (Å²) in [7, 11) is 0. The topological polar surface area (TPSA) is 53.9 Å². The summed E-state index contributed by atoms with van der Waals surface area (Å²) in [6, 6.07) is 8.23. The second-order valence-corrected chi connectivity index (χ2v) is 7.17. The molecule has 0 radical (unpaired) electrons. The molecule has 0 aliphatic carbocycles.